The molecule has 186 valence electrons. The van der Waals surface area contributed by atoms with Gasteiger partial charge in [0.15, 0.2) is 10.8 Å². The number of ether oxygens (including phenoxy) is 1. The third-order valence-electron chi connectivity index (χ3n) is 5.78. The van der Waals surface area contributed by atoms with Crippen LogP contribution in [0.5, 0.6) is 5.75 Å². The Balaban J connectivity index is 1.67. The molecule has 2 aromatic rings. The van der Waals surface area contributed by atoms with Crippen molar-refractivity contribution in [2.75, 3.05) is 24.6 Å². The molecule has 2 aromatic carbocycles. The predicted molar refractivity (Wildman–Crippen MR) is 133 cm³/mol. The van der Waals surface area contributed by atoms with Crippen LogP contribution < -0.4 is 15.0 Å². The summed E-state index contributed by atoms with van der Waals surface area (Å²) >= 11 is 5.50. The van der Waals surface area contributed by atoms with Gasteiger partial charge in [0.2, 0.25) is 0 Å². The molecule has 6 nitrogen and oxygen atoms in total. The van der Waals surface area contributed by atoms with E-state index in [2.05, 4.69) is 10.2 Å². The first-order valence-corrected chi connectivity index (χ1v) is 11.6. The molecule has 1 heterocycles. The number of thiocarbonyl (C=S) groups is 1. The van der Waals surface area contributed by atoms with E-state index >= 15 is 0 Å². The highest BCUT2D eigenvalue weighted by Gasteiger charge is 2.49. The zero-order valence-corrected chi connectivity index (χ0v) is 20.6. The lowest BCUT2D eigenvalue weighted by Crippen LogP contribution is -2.44. The van der Waals surface area contributed by atoms with Crippen molar-refractivity contribution in [3.8, 4) is 5.75 Å². The number of halogens is 3. The van der Waals surface area contributed by atoms with Crippen molar-refractivity contribution in [3.05, 3.63) is 65.0 Å². The summed E-state index contributed by atoms with van der Waals surface area (Å²) in [7, 11) is 0. The minimum atomic E-state index is -4.72. The molecule has 0 bridgehead atoms. The second kappa shape index (κ2) is 10.6. The van der Waals surface area contributed by atoms with Gasteiger partial charge in [-0.25, -0.2) is 4.85 Å². The van der Waals surface area contributed by atoms with Crippen molar-refractivity contribution in [1.82, 2.24) is 10.2 Å². The first kappa shape index (κ1) is 26.4. The number of hydrogen-bond acceptors (Lipinski definition) is 4. The number of carbonyl (C=O) groups excluding carboxylic acids is 1. The Morgan fingerprint density at radius 3 is 2.46 bits per heavy atom. The highest BCUT2D eigenvalue weighted by molar-refractivity contribution is 7.80. The second-order valence-electron chi connectivity index (χ2n) is 8.57. The fourth-order valence-corrected chi connectivity index (χ4v) is 4.32. The minimum Gasteiger partial charge on any atom is -0.494 e. The number of hydrogen-bond donors (Lipinski definition) is 1. The van der Waals surface area contributed by atoms with E-state index in [0.29, 0.717) is 19.6 Å². The molecule has 0 radical (unpaired) electrons. The van der Waals surface area contributed by atoms with Crippen LogP contribution in [0.25, 0.3) is 4.85 Å². The van der Waals surface area contributed by atoms with Gasteiger partial charge in [-0.1, -0.05) is 25.1 Å². The summed E-state index contributed by atoms with van der Waals surface area (Å²) in [4.78, 5) is 18.9. The molecular weight excluding hydrogens is 477 g/mol. The quantitative estimate of drug-likeness (QED) is 0.276. The third kappa shape index (κ3) is 5.74. The normalized spacial score (nSPS) is 15.5. The Morgan fingerprint density at radius 1 is 1.17 bits per heavy atom. The van der Waals surface area contributed by atoms with E-state index in [1.807, 2.05) is 31.2 Å². The standard InChI is InChI=1S/C25H27F3N4O2S/c1-5-30-16-17-7-10-19(11-8-17)34-14-6-13-31-23(35)32(22(33)24(31,2)3)18-9-12-21(29-4)20(15-18)25(26,27)28/h7-12,15,30H,5-6,13-14,16H2,1-3H3. The Hall–Kier alpha value is -3.16. The molecule has 1 fully saturated rings. The van der Waals surface area contributed by atoms with Gasteiger partial charge in [-0.2, -0.15) is 13.2 Å². The molecule has 35 heavy (non-hydrogen) atoms. The maximum absolute atomic E-state index is 13.4. The predicted octanol–water partition coefficient (Wildman–Crippen LogP) is 5.55. The highest BCUT2D eigenvalue weighted by Crippen LogP contribution is 2.40. The van der Waals surface area contributed by atoms with Crippen LogP contribution in [-0.2, 0) is 17.5 Å². The Kier molecular flexibility index (Phi) is 8.03. The molecule has 0 aliphatic carbocycles. The summed E-state index contributed by atoms with van der Waals surface area (Å²) in [6.45, 7) is 14.9. The molecule has 0 spiro atoms. The van der Waals surface area contributed by atoms with Gasteiger partial charge in [-0.3, -0.25) is 9.69 Å². The van der Waals surface area contributed by atoms with E-state index in [1.54, 1.807) is 18.7 Å². The van der Waals surface area contributed by atoms with Gasteiger partial charge in [0, 0.05) is 18.8 Å². The number of alkyl halides is 3. The van der Waals surface area contributed by atoms with E-state index in [-0.39, 0.29) is 10.8 Å². The number of carbonyl (C=O) groups is 1. The van der Waals surface area contributed by atoms with Gasteiger partial charge in [0.25, 0.3) is 5.91 Å². The molecule has 10 heteroatoms. The number of amides is 1. The van der Waals surface area contributed by atoms with Gasteiger partial charge in [-0.05, 0) is 68.9 Å². The first-order valence-electron chi connectivity index (χ1n) is 11.2. The first-order chi connectivity index (χ1) is 16.5. The summed E-state index contributed by atoms with van der Waals surface area (Å²) in [6, 6.07) is 11.0. The van der Waals surface area contributed by atoms with Crippen LogP contribution in [0.4, 0.5) is 24.5 Å². The highest BCUT2D eigenvalue weighted by atomic mass is 32.1. The van der Waals surface area contributed by atoms with Crippen LogP contribution >= 0.6 is 12.2 Å². The Bertz CT molecular complexity index is 1130. The molecule has 0 saturated carbocycles. The lowest BCUT2D eigenvalue weighted by atomic mass is 10.0. The summed E-state index contributed by atoms with van der Waals surface area (Å²) in [6.07, 6.45) is -4.17. The molecular formula is C25H27F3N4O2S. The second-order valence-corrected chi connectivity index (χ2v) is 8.94. The monoisotopic (exact) mass is 504 g/mol. The van der Waals surface area contributed by atoms with Crippen LogP contribution in [-0.4, -0.2) is 41.2 Å². The number of benzene rings is 2. The van der Waals surface area contributed by atoms with E-state index in [4.69, 9.17) is 23.5 Å². The molecule has 3 rings (SSSR count). The lowest BCUT2D eigenvalue weighted by molar-refractivity contribution is -0.136. The van der Waals surface area contributed by atoms with Crippen LogP contribution in [0.3, 0.4) is 0 Å². The van der Waals surface area contributed by atoms with Gasteiger partial charge >= 0.3 is 6.18 Å². The molecule has 1 N–H and O–H groups in total. The van der Waals surface area contributed by atoms with E-state index in [9.17, 15) is 18.0 Å². The summed E-state index contributed by atoms with van der Waals surface area (Å²) in [5.41, 5.74) is -1.52. The maximum atomic E-state index is 13.4. The van der Waals surface area contributed by atoms with Crippen molar-refractivity contribution in [2.45, 2.75) is 45.5 Å². The molecule has 0 aromatic heterocycles. The van der Waals surface area contributed by atoms with Gasteiger partial charge in [0.1, 0.15) is 11.3 Å². The van der Waals surface area contributed by atoms with E-state index in [0.717, 1.165) is 41.4 Å². The smallest absolute Gasteiger partial charge is 0.407 e. The summed E-state index contributed by atoms with van der Waals surface area (Å²) in [5.74, 6) is 0.300. The Morgan fingerprint density at radius 2 is 1.86 bits per heavy atom. The van der Waals surface area contributed by atoms with Crippen LogP contribution in [0, 0.1) is 6.57 Å². The van der Waals surface area contributed by atoms with Crippen molar-refractivity contribution >= 4 is 34.6 Å². The molecule has 1 amide bonds. The maximum Gasteiger partial charge on any atom is 0.407 e. The average Bonchev–Trinajstić information content (AvgIpc) is 2.99. The number of rotatable bonds is 9. The minimum absolute atomic E-state index is 0.01000. The van der Waals surface area contributed by atoms with Crippen LogP contribution in [0.15, 0.2) is 42.5 Å². The zero-order valence-electron chi connectivity index (χ0n) is 19.8. The van der Waals surface area contributed by atoms with E-state index in [1.165, 1.54) is 6.07 Å². The topological polar surface area (TPSA) is 49.2 Å². The zero-order chi connectivity index (χ0) is 25.8. The summed E-state index contributed by atoms with van der Waals surface area (Å²) in [5, 5.41) is 3.38. The third-order valence-corrected chi connectivity index (χ3v) is 6.19. The van der Waals surface area contributed by atoms with E-state index < -0.39 is 28.9 Å². The largest absolute Gasteiger partial charge is 0.494 e. The molecule has 1 aliphatic heterocycles. The van der Waals surface area contributed by atoms with Crippen LogP contribution in [0.2, 0.25) is 0 Å². The summed E-state index contributed by atoms with van der Waals surface area (Å²) < 4.78 is 46.1. The van der Waals surface area contributed by atoms with Gasteiger partial charge in [-0.15, -0.1) is 0 Å². The SMILES string of the molecule is [C-]#[N+]c1ccc(N2C(=O)C(C)(C)N(CCCOc3ccc(CNCC)cc3)C2=S)cc1C(F)(F)F. The molecule has 1 aliphatic rings. The number of nitrogens with zero attached hydrogens (tertiary/aromatic N) is 3. The van der Waals surface area contributed by atoms with Crippen molar-refractivity contribution in [2.24, 2.45) is 0 Å². The fourth-order valence-electron chi connectivity index (χ4n) is 3.81. The van der Waals surface area contributed by atoms with Gasteiger partial charge in [0.05, 0.1) is 18.7 Å². The van der Waals surface area contributed by atoms with Gasteiger partial charge < -0.3 is 15.0 Å². The number of nitrogens with one attached hydrogen (secondary N) is 1. The molecule has 1 saturated heterocycles. The number of anilines is 1. The van der Waals surface area contributed by atoms with Crippen molar-refractivity contribution < 1.29 is 22.7 Å². The Labute approximate surface area is 208 Å². The molecule has 0 atom stereocenters. The van der Waals surface area contributed by atoms with Crippen molar-refractivity contribution in [1.29, 1.82) is 0 Å². The molecule has 0 unspecified atom stereocenters. The van der Waals surface area contributed by atoms with Crippen molar-refractivity contribution in [3.63, 3.8) is 0 Å². The fraction of sp³-hybridized carbons (Fsp3) is 0.400. The van der Waals surface area contributed by atoms with Crippen LogP contribution in [0.1, 0.15) is 38.3 Å². The lowest BCUT2D eigenvalue weighted by Gasteiger charge is -2.29. The average molecular weight is 505 g/mol.